The van der Waals surface area contributed by atoms with Gasteiger partial charge in [0, 0.05) is 29.4 Å². The number of thiol groups is 1. The number of thioether (sulfide) groups is 1. The van der Waals surface area contributed by atoms with Gasteiger partial charge in [-0.3, -0.25) is 0 Å². The molecule has 0 saturated heterocycles. The van der Waals surface area contributed by atoms with E-state index in [9.17, 15) is 0 Å². The molecular weight excluding hydrogens is 510 g/mol. The molecule has 194 valence electrons. The predicted octanol–water partition coefficient (Wildman–Crippen LogP) is 4.50. The average molecular weight is 554 g/mol. The van der Waals surface area contributed by atoms with E-state index < -0.39 is 0 Å². The number of hydrogen-bond donors (Lipinski definition) is 3. The molecule has 1 aromatic carbocycles. The summed E-state index contributed by atoms with van der Waals surface area (Å²) in [5, 5.41) is 8.35. The monoisotopic (exact) mass is 553 g/mol. The normalized spacial score (nSPS) is 12.0. The molecule has 0 bridgehead atoms. The molecule has 1 rings (SSSR count). The Morgan fingerprint density at radius 1 is 1.22 bits per heavy atom. The summed E-state index contributed by atoms with van der Waals surface area (Å²) in [4.78, 5) is 7.20. The van der Waals surface area contributed by atoms with Crippen LogP contribution in [0.5, 0.6) is 0 Å². The maximum Gasteiger partial charge on any atom is 1.00 e. The van der Waals surface area contributed by atoms with Crippen LogP contribution in [0.15, 0.2) is 83.3 Å². The molecule has 0 saturated carbocycles. The van der Waals surface area contributed by atoms with Gasteiger partial charge in [0.15, 0.2) is 0 Å². The van der Waals surface area contributed by atoms with Gasteiger partial charge in [-0.2, -0.15) is 11.8 Å². The topological polar surface area (TPSA) is 67.8 Å². The Balaban J connectivity index is 0. The molecule has 0 radical (unpaired) electrons. The van der Waals surface area contributed by atoms with Crippen molar-refractivity contribution < 1.29 is 51.4 Å². The van der Waals surface area contributed by atoms with Crippen LogP contribution in [0, 0.1) is 0 Å². The van der Waals surface area contributed by atoms with E-state index in [-0.39, 0.29) is 51.4 Å². The molecule has 0 aliphatic carbocycles. The van der Waals surface area contributed by atoms with Gasteiger partial charge in [-0.25, -0.2) is 4.99 Å². The molecule has 5 nitrogen and oxygen atoms in total. The molecule has 0 amide bonds. The van der Waals surface area contributed by atoms with Crippen LogP contribution in [-0.4, -0.2) is 56.0 Å². The molecular formula is C28H44KN5S2. The molecule has 3 N–H and O–H groups in total. The SMILES string of the molecule is C=C/C=C(\C=C/CSCC)CC[N-]c1cc(N=C(N)/C(S)=C/C=C)ccc1NCCN(C)C.CC.[K+]. The number of benzene rings is 1. The predicted molar refractivity (Wildman–Crippen MR) is 166 cm³/mol. The number of nitrogens with one attached hydrogen (secondary N) is 1. The summed E-state index contributed by atoms with van der Waals surface area (Å²) in [5.41, 5.74) is 9.83. The number of likely N-dealkylation sites (N-methyl/N-ethyl adjacent to an activating group) is 1. The fraction of sp³-hybridized carbons (Fsp3) is 0.393. The summed E-state index contributed by atoms with van der Waals surface area (Å²) in [6.07, 6.45) is 12.4. The maximum atomic E-state index is 6.06. The first-order valence-corrected chi connectivity index (χ1v) is 13.6. The van der Waals surface area contributed by atoms with Gasteiger partial charge in [0.1, 0.15) is 5.84 Å². The van der Waals surface area contributed by atoms with Crippen LogP contribution in [0.1, 0.15) is 27.2 Å². The molecule has 0 heterocycles. The number of aliphatic imine (C=N–C) groups is 1. The summed E-state index contributed by atoms with van der Waals surface area (Å²) >= 11 is 6.26. The van der Waals surface area contributed by atoms with Crippen molar-refractivity contribution in [1.82, 2.24) is 4.90 Å². The first-order chi connectivity index (χ1) is 16.9. The second-order valence-corrected chi connectivity index (χ2v) is 9.19. The van der Waals surface area contributed by atoms with E-state index in [1.165, 1.54) is 5.57 Å². The smallest absolute Gasteiger partial charge is 0.682 e. The fourth-order valence-electron chi connectivity index (χ4n) is 2.74. The number of allylic oxidation sites excluding steroid dienone is 5. The molecule has 8 heteroatoms. The quantitative estimate of drug-likeness (QED) is 0.0705. The summed E-state index contributed by atoms with van der Waals surface area (Å²) in [6.45, 7) is 16.1. The van der Waals surface area contributed by atoms with Crippen molar-refractivity contribution >= 4 is 47.3 Å². The number of anilines is 1. The Bertz CT molecular complexity index is 877. The van der Waals surface area contributed by atoms with Gasteiger partial charge in [0.05, 0.1) is 5.69 Å². The van der Waals surface area contributed by atoms with Crippen LogP contribution in [0.2, 0.25) is 0 Å². The van der Waals surface area contributed by atoms with E-state index in [1.807, 2.05) is 56.0 Å². The van der Waals surface area contributed by atoms with Gasteiger partial charge < -0.3 is 21.3 Å². The van der Waals surface area contributed by atoms with E-state index in [1.54, 1.807) is 12.2 Å². The average Bonchev–Trinajstić information content (AvgIpc) is 2.84. The number of nitrogens with zero attached hydrogens (tertiary/aromatic N) is 3. The molecule has 0 aromatic heterocycles. The number of rotatable bonds is 16. The van der Waals surface area contributed by atoms with Crippen LogP contribution in [0.25, 0.3) is 5.32 Å². The van der Waals surface area contributed by atoms with E-state index in [4.69, 9.17) is 11.1 Å². The van der Waals surface area contributed by atoms with Crippen LogP contribution in [0.4, 0.5) is 17.1 Å². The first kappa shape index (κ1) is 37.4. The molecule has 0 aliphatic heterocycles. The van der Waals surface area contributed by atoms with Crippen molar-refractivity contribution in [2.24, 2.45) is 10.7 Å². The second kappa shape index (κ2) is 24.6. The third-order valence-electron chi connectivity index (χ3n) is 4.41. The second-order valence-electron chi connectivity index (χ2n) is 7.39. The molecule has 0 aliphatic rings. The number of amidine groups is 1. The van der Waals surface area contributed by atoms with Crippen LogP contribution >= 0.6 is 24.4 Å². The van der Waals surface area contributed by atoms with Crippen molar-refractivity contribution in [1.29, 1.82) is 0 Å². The number of hydrogen-bond acceptors (Lipinski definition) is 5. The Morgan fingerprint density at radius 3 is 2.53 bits per heavy atom. The summed E-state index contributed by atoms with van der Waals surface area (Å²) in [5.74, 6) is 2.46. The van der Waals surface area contributed by atoms with Gasteiger partial charge in [0.2, 0.25) is 0 Å². The molecule has 1 aromatic rings. The van der Waals surface area contributed by atoms with Gasteiger partial charge in [0.25, 0.3) is 0 Å². The minimum absolute atomic E-state index is 0. The fourth-order valence-corrected chi connectivity index (χ4v) is 3.37. The Labute approximate surface area is 272 Å². The number of nitrogens with two attached hydrogens (primary N) is 1. The zero-order valence-corrected chi connectivity index (χ0v) is 28.0. The molecule has 0 spiro atoms. The molecule has 36 heavy (non-hydrogen) atoms. The Morgan fingerprint density at radius 2 is 1.92 bits per heavy atom. The van der Waals surface area contributed by atoms with Crippen molar-refractivity contribution in [3.05, 3.63) is 83.6 Å². The Kier molecular flexibility index (Phi) is 25.6. The van der Waals surface area contributed by atoms with E-state index >= 15 is 0 Å². The van der Waals surface area contributed by atoms with Crippen molar-refractivity contribution in [2.45, 2.75) is 27.2 Å². The van der Waals surface area contributed by atoms with Gasteiger partial charge in [-0.15, -0.1) is 24.9 Å². The third kappa shape index (κ3) is 17.7. The summed E-state index contributed by atoms with van der Waals surface area (Å²) in [7, 11) is 4.11. The van der Waals surface area contributed by atoms with Gasteiger partial charge in [-0.1, -0.05) is 64.3 Å². The van der Waals surface area contributed by atoms with Crippen LogP contribution in [-0.2, 0) is 0 Å². The van der Waals surface area contributed by atoms with Gasteiger partial charge >= 0.3 is 51.4 Å². The minimum atomic E-state index is 0. The van der Waals surface area contributed by atoms with Crippen molar-refractivity contribution in [3.8, 4) is 0 Å². The van der Waals surface area contributed by atoms with Crippen molar-refractivity contribution in [3.63, 3.8) is 0 Å². The minimum Gasteiger partial charge on any atom is -0.682 e. The molecule has 0 unspecified atom stereocenters. The third-order valence-corrected chi connectivity index (χ3v) is 5.62. The maximum absolute atomic E-state index is 6.06. The van der Waals surface area contributed by atoms with E-state index in [0.29, 0.717) is 17.3 Å². The van der Waals surface area contributed by atoms with Crippen LogP contribution < -0.4 is 62.4 Å². The zero-order chi connectivity index (χ0) is 26.5. The zero-order valence-electron chi connectivity index (χ0n) is 23.1. The molecule has 0 fully saturated rings. The molecule has 0 atom stereocenters. The standard InChI is InChI=1S/C26H38N5S2.C2H6.K/c1-6-10-21(12-9-19-33-8-3)15-16-28-24-20-22(30-26(27)25(32)11-7-2)13-14-23(24)29-17-18-31(4)5;1-2;/h6-7,9-14,20,29,32H,1-2,8,15-19H2,3-5H3,(H2,27,30);1-2H3;/q-1;;+1/b12-9-,21-10+,25-11-;;. The van der Waals surface area contributed by atoms with E-state index in [0.717, 1.165) is 48.1 Å². The Hall–Kier alpha value is -0.714. The summed E-state index contributed by atoms with van der Waals surface area (Å²) < 4.78 is 0. The largest absolute Gasteiger partial charge is 1.00 e. The summed E-state index contributed by atoms with van der Waals surface area (Å²) in [6, 6.07) is 5.87. The van der Waals surface area contributed by atoms with Crippen LogP contribution in [0.3, 0.4) is 0 Å². The van der Waals surface area contributed by atoms with Gasteiger partial charge in [-0.05, 0) is 56.1 Å². The first-order valence-electron chi connectivity index (χ1n) is 12.0. The van der Waals surface area contributed by atoms with Crippen molar-refractivity contribution in [2.75, 3.05) is 50.6 Å². The van der Waals surface area contributed by atoms with E-state index in [2.05, 4.69) is 74.2 Å².